The molecule has 1 aliphatic heterocycles. The molecule has 1 fully saturated rings. The summed E-state index contributed by atoms with van der Waals surface area (Å²) >= 11 is 0. The number of halogens is 2. The molecule has 0 aliphatic carbocycles. The highest BCUT2D eigenvalue weighted by atomic mass is 19.1. The minimum Gasteiger partial charge on any atom is -0.497 e. The number of carbonyl (C=O) groups is 2. The molecule has 8 heteroatoms. The largest absolute Gasteiger partial charge is 0.497 e. The molecule has 1 N–H and O–H groups in total. The van der Waals surface area contributed by atoms with E-state index in [2.05, 4.69) is 5.32 Å². The van der Waals surface area contributed by atoms with Crippen molar-refractivity contribution < 1.29 is 23.1 Å². The first-order valence-corrected chi connectivity index (χ1v) is 8.43. The van der Waals surface area contributed by atoms with E-state index in [1.807, 2.05) is 0 Å². The van der Waals surface area contributed by atoms with Gasteiger partial charge < -0.3 is 19.9 Å². The average molecular weight is 375 g/mol. The Morgan fingerprint density at radius 1 is 0.963 bits per heavy atom. The number of piperazine rings is 1. The summed E-state index contributed by atoms with van der Waals surface area (Å²) in [5.41, 5.74) is 0.0260. The van der Waals surface area contributed by atoms with E-state index in [1.165, 1.54) is 18.1 Å². The molecule has 1 heterocycles. The highest BCUT2D eigenvalue weighted by Crippen LogP contribution is 2.19. The summed E-state index contributed by atoms with van der Waals surface area (Å²) in [7, 11) is 1.53. The third kappa shape index (κ3) is 4.16. The molecule has 0 aromatic heterocycles. The Morgan fingerprint density at radius 3 is 2.19 bits per heavy atom. The lowest BCUT2D eigenvalue weighted by Crippen LogP contribution is -2.51. The lowest BCUT2D eigenvalue weighted by atomic mass is 10.1. The summed E-state index contributed by atoms with van der Waals surface area (Å²) in [6, 6.07) is 9.61. The number of ether oxygens (including phenoxy) is 1. The molecule has 3 rings (SSSR count). The van der Waals surface area contributed by atoms with Crippen molar-refractivity contribution in [1.82, 2.24) is 9.80 Å². The fourth-order valence-corrected chi connectivity index (χ4v) is 2.85. The molecular formula is C19H19F2N3O3. The van der Waals surface area contributed by atoms with E-state index < -0.39 is 23.4 Å². The van der Waals surface area contributed by atoms with E-state index in [9.17, 15) is 18.4 Å². The van der Waals surface area contributed by atoms with E-state index in [4.69, 9.17) is 4.74 Å². The predicted molar refractivity (Wildman–Crippen MR) is 95.8 cm³/mol. The Bertz CT molecular complexity index is 832. The standard InChI is InChI=1S/C19H19F2N3O3/c1-27-14-5-2-4-13(12-14)18(25)23-8-10-24(11-9-23)19(26)22-17-15(20)6-3-7-16(17)21/h2-7,12H,8-11H2,1H3,(H,22,26). The number of hydrogen-bond acceptors (Lipinski definition) is 3. The van der Waals surface area contributed by atoms with Crippen LogP contribution in [-0.2, 0) is 0 Å². The first kappa shape index (κ1) is 18.6. The van der Waals surface area contributed by atoms with Crippen LogP contribution in [-0.4, -0.2) is 55.0 Å². The monoisotopic (exact) mass is 375 g/mol. The van der Waals surface area contributed by atoms with E-state index in [0.717, 1.165) is 12.1 Å². The van der Waals surface area contributed by atoms with Crippen molar-refractivity contribution in [3.05, 3.63) is 59.7 Å². The van der Waals surface area contributed by atoms with E-state index in [-0.39, 0.29) is 19.0 Å². The molecule has 0 spiro atoms. The Balaban J connectivity index is 1.59. The quantitative estimate of drug-likeness (QED) is 0.897. The average Bonchev–Trinajstić information content (AvgIpc) is 2.70. The van der Waals surface area contributed by atoms with Crippen molar-refractivity contribution in [2.75, 3.05) is 38.6 Å². The fraction of sp³-hybridized carbons (Fsp3) is 0.263. The lowest BCUT2D eigenvalue weighted by Gasteiger charge is -2.34. The van der Waals surface area contributed by atoms with Gasteiger partial charge in [0.15, 0.2) is 0 Å². The number of para-hydroxylation sites is 1. The van der Waals surface area contributed by atoms with Gasteiger partial charge in [0.1, 0.15) is 23.1 Å². The summed E-state index contributed by atoms with van der Waals surface area (Å²) in [5, 5.41) is 2.26. The Morgan fingerprint density at radius 2 is 1.56 bits per heavy atom. The first-order chi connectivity index (χ1) is 13.0. The maximum Gasteiger partial charge on any atom is 0.322 e. The van der Waals surface area contributed by atoms with Crippen LogP contribution in [0.25, 0.3) is 0 Å². The third-order valence-corrected chi connectivity index (χ3v) is 4.37. The Hall–Kier alpha value is -3.16. The molecule has 0 bridgehead atoms. The molecule has 1 aliphatic rings. The van der Waals surface area contributed by atoms with Gasteiger partial charge in [0, 0.05) is 31.7 Å². The molecule has 0 atom stereocenters. The van der Waals surface area contributed by atoms with Gasteiger partial charge in [0.25, 0.3) is 5.91 Å². The summed E-state index contributed by atoms with van der Waals surface area (Å²) in [6.45, 7) is 1.17. The van der Waals surface area contributed by atoms with Crippen LogP contribution in [0.5, 0.6) is 5.75 Å². The van der Waals surface area contributed by atoms with Crippen molar-refractivity contribution in [2.24, 2.45) is 0 Å². The second-order valence-corrected chi connectivity index (χ2v) is 6.04. The van der Waals surface area contributed by atoms with Crippen LogP contribution in [0.15, 0.2) is 42.5 Å². The number of rotatable bonds is 3. The van der Waals surface area contributed by atoms with Gasteiger partial charge in [-0.05, 0) is 30.3 Å². The maximum absolute atomic E-state index is 13.7. The van der Waals surface area contributed by atoms with Crippen LogP contribution < -0.4 is 10.1 Å². The predicted octanol–water partition coefficient (Wildman–Crippen LogP) is 2.96. The van der Waals surface area contributed by atoms with Gasteiger partial charge in [-0.1, -0.05) is 12.1 Å². The van der Waals surface area contributed by atoms with Crippen molar-refractivity contribution in [3.8, 4) is 5.75 Å². The molecule has 27 heavy (non-hydrogen) atoms. The van der Waals surface area contributed by atoms with Crippen molar-refractivity contribution in [3.63, 3.8) is 0 Å². The SMILES string of the molecule is COc1cccc(C(=O)N2CCN(C(=O)Nc3c(F)cccc3F)CC2)c1. The summed E-state index contributed by atoms with van der Waals surface area (Å²) in [6.07, 6.45) is 0. The molecule has 2 aromatic rings. The minimum absolute atomic E-state index is 0.158. The number of anilines is 1. The molecule has 0 unspecified atom stereocenters. The molecule has 3 amide bonds. The number of hydrogen-bond donors (Lipinski definition) is 1. The maximum atomic E-state index is 13.7. The number of amides is 3. The summed E-state index contributed by atoms with van der Waals surface area (Å²) in [5.74, 6) is -1.25. The highest BCUT2D eigenvalue weighted by Gasteiger charge is 2.26. The van der Waals surface area contributed by atoms with Crippen LogP contribution in [0.1, 0.15) is 10.4 Å². The second-order valence-electron chi connectivity index (χ2n) is 6.04. The summed E-state index contributed by atoms with van der Waals surface area (Å²) < 4.78 is 32.4. The number of urea groups is 1. The molecule has 0 saturated carbocycles. The van der Waals surface area contributed by atoms with Crippen LogP contribution in [0.2, 0.25) is 0 Å². The van der Waals surface area contributed by atoms with Gasteiger partial charge in [0.05, 0.1) is 7.11 Å². The topological polar surface area (TPSA) is 61.9 Å². The fourth-order valence-electron chi connectivity index (χ4n) is 2.85. The molecule has 2 aromatic carbocycles. The van der Waals surface area contributed by atoms with Gasteiger partial charge in [0.2, 0.25) is 0 Å². The number of methoxy groups -OCH3 is 1. The van der Waals surface area contributed by atoms with Crippen molar-refractivity contribution >= 4 is 17.6 Å². The van der Waals surface area contributed by atoms with Gasteiger partial charge in [-0.3, -0.25) is 4.79 Å². The van der Waals surface area contributed by atoms with Gasteiger partial charge in [-0.15, -0.1) is 0 Å². The Kier molecular flexibility index (Phi) is 5.54. The van der Waals surface area contributed by atoms with Gasteiger partial charge in [-0.25, -0.2) is 13.6 Å². The first-order valence-electron chi connectivity index (χ1n) is 8.43. The zero-order valence-corrected chi connectivity index (χ0v) is 14.7. The third-order valence-electron chi connectivity index (χ3n) is 4.37. The number of nitrogens with one attached hydrogen (secondary N) is 1. The Labute approximate surface area is 155 Å². The zero-order valence-electron chi connectivity index (χ0n) is 14.7. The van der Waals surface area contributed by atoms with E-state index in [0.29, 0.717) is 24.4 Å². The molecule has 1 saturated heterocycles. The summed E-state index contributed by atoms with van der Waals surface area (Å²) in [4.78, 5) is 27.9. The van der Waals surface area contributed by atoms with Crippen LogP contribution in [0.3, 0.4) is 0 Å². The van der Waals surface area contributed by atoms with Gasteiger partial charge >= 0.3 is 6.03 Å². The van der Waals surface area contributed by atoms with Crippen molar-refractivity contribution in [2.45, 2.75) is 0 Å². The number of benzene rings is 2. The van der Waals surface area contributed by atoms with Crippen LogP contribution >= 0.6 is 0 Å². The van der Waals surface area contributed by atoms with E-state index >= 15 is 0 Å². The number of nitrogens with zero attached hydrogens (tertiary/aromatic N) is 2. The molecule has 0 radical (unpaired) electrons. The number of carbonyl (C=O) groups excluding carboxylic acids is 2. The van der Waals surface area contributed by atoms with E-state index in [1.54, 1.807) is 29.2 Å². The second kappa shape index (κ2) is 8.03. The molecule has 142 valence electrons. The zero-order chi connectivity index (χ0) is 19.4. The van der Waals surface area contributed by atoms with Crippen molar-refractivity contribution in [1.29, 1.82) is 0 Å². The normalized spacial score (nSPS) is 14.0. The molecule has 6 nitrogen and oxygen atoms in total. The van der Waals surface area contributed by atoms with Crippen LogP contribution in [0, 0.1) is 11.6 Å². The highest BCUT2D eigenvalue weighted by molar-refractivity contribution is 5.95. The smallest absolute Gasteiger partial charge is 0.322 e. The van der Waals surface area contributed by atoms with Crippen LogP contribution in [0.4, 0.5) is 19.3 Å². The molecular weight excluding hydrogens is 356 g/mol. The minimum atomic E-state index is -0.838. The van der Waals surface area contributed by atoms with Gasteiger partial charge in [-0.2, -0.15) is 0 Å². The lowest BCUT2D eigenvalue weighted by molar-refractivity contribution is 0.0671.